The molecule has 0 aliphatic rings. The zero-order valence-electron chi connectivity index (χ0n) is 13.6. The van der Waals surface area contributed by atoms with Gasteiger partial charge in [0.05, 0.1) is 6.54 Å². The molecule has 0 atom stereocenters. The molecule has 11 heteroatoms. The predicted octanol–water partition coefficient (Wildman–Crippen LogP) is 2.62. The summed E-state index contributed by atoms with van der Waals surface area (Å²) in [4.78, 5) is 20.3. The first-order valence-electron chi connectivity index (χ1n) is 7.67. The quantitative estimate of drug-likeness (QED) is 0.657. The standard InChI is InChI=1S/C15H14F3N5O2S/c1-2-9-8-11(24)23-14(21-9)26-13(22-23)20-6-7-25-12-10(15(16,17)18)4-3-5-19-12/h3-5,8H,2,6-7H2,1H3,(H,20,22). The van der Waals surface area contributed by atoms with Crippen LogP contribution in [0.3, 0.4) is 0 Å². The van der Waals surface area contributed by atoms with Crippen LogP contribution in [0.4, 0.5) is 18.3 Å². The summed E-state index contributed by atoms with van der Waals surface area (Å²) in [6, 6.07) is 3.52. The van der Waals surface area contributed by atoms with Crippen molar-refractivity contribution in [3.05, 3.63) is 46.0 Å². The molecule has 0 saturated carbocycles. The zero-order valence-corrected chi connectivity index (χ0v) is 14.4. The van der Waals surface area contributed by atoms with Crippen LogP contribution in [-0.2, 0) is 12.6 Å². The number of nitrogens with zero attached hydrogens (tertiary/aromatic N) is 4. The Kier molecular flexibility index (Phi) is 5.07. The molecule has 1 N–H and O–H groups in total. The van der Waals surface area contributed by atoms with Crippen LogP contribution in [0, 0.1) is 0 Å². The minimum Gasteiger partial charge on any atom is -0.475 e. The van der Waals surface area contributed by atoms with Crippen molar-refractivity contribution in [2.75, 3.05) is 18.5 Å². The third kappa shape index (κ3) is 3.93. The number of hydrogen-bond donors (Lipinski definition) is 1. The normalized spacial score (nSPS) is 11.7. The number of alkyl halides is 3. The Balaban J connectivity index is 1.64. The van der Waals surface area contributed by atoms with E-state index >= 15 is 0 Å². The number of hydrogen-bond acceptors (Lipinski definition) is 7. The number of anilines is 1. The van der Waals surface area contributed by atoms with Crippen molar-refractivity contribution >= 4 is 21.4 Å². The van der Waals surface area contributed by atoms with E-state index in [9.17, 15) is 18.0 Å². The van der Waals surface area contributed by atoms with Crippen LogP contribution in [-0.4, -0.2) is 32.7 Å². The smallest absolute Gasteiger partial charge is 0.421 e. The lowest BCUT2D eigenvalue weighted by molar-refractivity contribution is -0.139. The van der Waals surface area contributed by atoms with E-state index in [1.165, 1.54) is 34.2 Å². The Hall–Kier alpha value is -2.69. The van der Waals surface area contributed by atoms with Crippen LogP contribution in [0.5, 0.6) is 5.88 Å². The SMILES string of the molecule is CCc1cc(=O)n2nc(NCCOc3ncccc3C(F)(F)F)sc2n1. The molecule has 3 aromatic heterocycles. The van der Waals surface area contributed by atoms with Gasteiger partial charge in [-0.2, -0.15) is 17.7 Å². The summed E-state index contributed by atoms with van der Waals surface area (Å²) < 4.78 is 44.9. The molecule has 26 heavy (non-hydrogen) atoms. The fraction of sp³-hybridized carbons (Fsp3) is 0.333. The topological polar surface area (TPSA) is 81.4 Å². The average molecular weight is 385 g/mol. The van der Waals surface area contributed by atoms with Crippen molar-refractivity contribution in [3.8, 4) is 5.88 Å². The molecule has 3 rings (SSSR count). The lowest BCUT2D eigenvalue weighted by Crippen LogP contribution is -2.17. The van der Waals surface area contributed by atoms with Crippen LogP contribution in [0.1, 0.15) is 18.2 Å². The van der Waals surface area contributed by atoms with E-state index in [0.717, 1.165) is 6.07 Å². The molecule has 0 spiro atoms. The molecule has 0 aromatic carbocycles. The van der Waals surface area contributed by atoms with Crippen LogP contribution >= 0.6 is 11.3 Å². The number of rotatable bonds is 6. The van der Waals surface area contributed by atoms with Gasteiger partial charge in [-0.3, -0.25) is 4.79 Å². The molecule has 0 bridgehead atoms. The lowest BCUT2D eigenvalue weighted by Gasteiger charge is -2.12. The Morgan fingerprint density at radius 2 is 2.19 bits per heavy atom. The fourth-order valence-corrected chi connectivity index (χ4v) is 2.99. The molecule has 3 aromatic rings. The molecule has 0 radical (unpaired) electrons. The molecule has 0 aliphatic heterocycles. The van der Waals surface area contributed by atoms with E-state index in [1.54, 1.807) is 0 Å². The summed E-state index contributed by atoms with van der Waals surface area (Å²) in [7, 11) is 0. The van der Waals surface area contributed by atoms with Crippen LogP contribution in [0.25, 0.3) is 4.96 Å². The minimum atomic E-state index is -4.53. The first-order chi connectivity index (χ1) is 12.4. The highest BCUT2D eigenvalue weighted by molar-refractivity contribution is 7.20. The highest BCUT2D eigenvalue weighted by Crippen LogP contribution is 2.34. The van der Waals surface area contributed by atoms with Gasteiger partial charge < -0.3 is 10.1 Å². The van der Waals surface area contributed by atoms with E-state index in [0.29, 0.717) is 22.2 Å². The van der Waals surface area contributed by atoms with Gasteiger partial charge in [-0.25, -0.2) is 9.97 Å². The second kappa shape index (κ2) is 7.28. The van der Waals surface area contributed by atoms with Gasteiger partial charge in [0.2, 0.25) is 16.0 Å². The summed E-state index contributed by atoms with van der Waals surface area (Å²) in [6.45, 7) is 2.02. The third-order valence-corrected chi connectivity index (χ3v) is 4.22. The van der Waals surface area contributed by atoms with Crippen LogP contribution in [0.2, 0.25) is 0 Å². The predicted molar refractivity (Wildman–Crippen MR) is 89.7 cm³/mol. The molecular formula is C15H14F3N5O2S. The van der Waals surface area contributed by atoms with Gasteiger partial charge in [0.1, 0.15) is 12.2 Å². The lowest BCUT2D eigenvalue weighted by atomic mass is 10.2. The first-order valence-corrected chi connectivity index (χ1v) is 8.49. The average Bonchev–Trinajstić information content (AvgIpc) is 3.01. The van der Waals surface area contributed by atoms with Gasteiger partial charge in [-0.05, 0) is 18.6 Å². The van der Waals surface area contributed by atoms with Gasteiger partial charge in [-0.15, -0.1) is 5.10 Å². The highest BCUT2D eigenvalue weighted by atomic mass is 32.1. The highest BCUT2D eigenvalue weighted by Gasteiger charge is 2.34. The summed E-state index contributed by atoms with van der Waals surface area (Å²) in [5, 5.41) is 7.41. The molecule has 0 aliphatic carbocycles. The molecular weight excluding hydrogens is 371 g/mol. The molecule has 3 heterocycles. The first kappa shape index (κ1) is 18.1. The Bertz CT molecular complexity index is 970. The second-order valence-electron chi connectivity index (χ2n) is 5.17. The number of nitrogens with one attached hydrogen (secondary N) is 1. The van der Waals surface area contributed by atoms with Gasteiger partial charge in [0.15, 0.2) is 0 Å². The number of aryl methyl sites for hydroxylation is 1. The molecule has 0 fully saturated rings. The van der Waals surface area contributed by atoms with E-state index in [1.807, 2.05) is 6.92 Å². The van der Waals surface area contributed by atoms with Crippen molar-refractivity contribution < 1.29 is 17.9 Å². The summed E-state index contributed by atoms with van der Waals surface area (Å²) in [6.07, 6.45) is -2.67. The monoisotopic (exact) mass is 385 g/mol. The van der Waals surface area contributed by atoms with E-state index in [2.05, 4.69) is 20.4 Å². The number of fused-ring (bicyclic) bond motifs is 1. The van der Waals surface area contributed by atoms with Crippen molar-refractivity contribution in [1.29, 1.82) is 0 Å². The molecule has 0 amide bonds. The number of pyridine rings is 1. The van der Waals surface area contributed by atoms with E-state index in [-0.39, 0.29) is 18.7 Å². The van der Waals surface area contributed by atoms with E-state index < -0.39 is 17.6 Å². The summed E-state index contributed by atoms with van der Waals surface area (Å²) in [5.41, 5.74) is -0.540. The van der Waals surface area contributed by atoms with Crippen molar-refractivity contribution in [3.63, 3.8) is 0 Å². The number of ether oxygens (including phenoxy) is 1. The van der Waals surface area contributed by atoms with Gasteiger partial charge in [0, 0.05) is 18.0 Å². The largest absolute Gasteiger partial charge is 0.475 e. The molecule has 0 saturated heterocycles. The molecule has 138 valence electrons. The van der Waals surface area contributed by atoms with Crippen LogP contribution in [0.15, 0.2) is 29.2 Å². The fourth-order valence-electron chi connectivity index (χ4n) is 2.14. The van der Waals surface area contributed by atoms with Gasteiger partial charge in [-0.1, -0.05) is 18.3 Å². The maximum Gasteiger partial charge on any atom is 0.421 e. The van der Waals surface area contributed by atoms with E-state index in [4.69, 9.17) is 4.74 Å². The number of halogens is 3. The van der Waals surface area contributed by atoms with Gasteiger partial charge in [0.25, 0.3) is 5.56 Å². The summed E-state index contributed by atoms with van der Waals surface area (Å²) >= 11 is 1.17. The third-order valence-electron chi connectivity index (χ3n) is 3.35. The molecule has 0 unspecified atom stereocenters. The molecule has 7 nitrogen and oxygen atoms in total. The second-order valence-corrected chi connectivity index (χ2v) is 6.13. The Morgan fingerprint density at radius 3 is 2.92 bits per heavy atom. The number of aromatic nitrogens is 4. The Labute approximate surface area is 149 Å². The maximum absolute atomic E-state index is 12.9. The minimum absolute atomic E-state index is 0.0570. The summed E-state index contributed by atoms with van der Waals surface area (Å²) in [5.74, 6) is -0.475. The van der Waals surface area contributed by atoms with Crippen molar-refractivity contribution in [1.82, 2.24) is 19.6 Å². The van der Waals surface area contributed by atoms with Crippen molar-refractivity contribution in [2.45, 2.75) is 19.5 Å². The van der Waals surface area contributed by atoms with Gasteiger partial charge >= 0.3 is 6.18 Å². The Morgan fingerprint density at radius 1 is 1.38 bits per heavy atom. The maximum atomic E-state index is 12.9. The van der Waals surface area contributed by atoms with Crippen LogP contribution < -0.4 is 15.6 Å². The van der Waals surface area contributed by atoms with Crippen molar-refractivity contribution in [2.24, 2.45) is 0 Å². The zero-order chi connectivity index (χ0) is 18.7.